The van der Waals surface area contributed by atoms with Gasteiger partial charge in [-0.2, -0.15) is 4.98 Å². The first-order chi connectivity index (χ1) is 14.4. The Kier molecular flexibility index (Phi) is 6.95. The number of aryl methyl sites for hydroxylation is 2. The predicted molar refractivity (Wildman–Crippen MR) is 113 cm³/mol. The molecule has 2 aromatic carbocycles. The van der Waals surface area contributed by atoms with E-state index in [4.69, 9.17) is 9.26 Å². The van der Waals surface area contributed by atoms with Crippen molar-refractivity contribution in [2.24, 2.45) is 0 Å². The maximum absolute atomic E-state index is 11.9. The summed E-state index contributed by atoms with van der Waals surface area (Å²) in [5, 5.41) is 6.64. The molecule has 7 nitrogen and oxygen atoms in total. The highest BCUT2D eigenvalue weighted by atomic mass is 16.5. The normalized spacial score (nSPS) is 10.8. The lowest BCUT2D eigenvalue weighted by atomic mass is 10.0. The molecular formula is C23H25N3O4. The summed E-state index contributed by atoms with van der Waals surface area (Å²) in [7, 11) is 0. The first kappa shape index (κ1) is 21.2. The Hall–Kier alpha value is -3.48. The maximum Gasteiger partial charge on any atom is 0.306 e. The van der Waals surface area contributed by atoms with Gasteiger partial charge in [-0.3, -0.25) is 9.59 Å². The van der Waals surface area contributed by atoms with Gasteiger partial charge in [0.2, 0.25) is 11.7 Å². The number of hydrogen-bond donors (Lipinski definition) is 1. The van der Waals surface area contributed by atoms with Crippen LogP contribution in [0.2, 0.25) is 0 Å². The SMILES string of the molecule is Cc1ccc(NC(=O)COC(=O)CCc2nc(-c3ccc(C(C)C)cc3)no2)cc1. The van der Waals surface area contributed by atoms with Gasteiger partial charge in [0.05, 0.1) is 6.42 Å². The highest BCUT2D eigenvalue weighted by molar-refractivity contribution is 5.92. The first-order valence-electron chi connectivity index (χ1n) is 9.86. The average molecular weight is 407 g/mol. The largest absolute Gasteiger partial charge is 0.456 e. The molecule has 7 heteroatoms. The van der Waals surface area contributed by atoms with Crippen LogP contribution >= 0.6 is 0 Å². The third-order valence-electron chi connectivity index (χ3n) is 4.55. The van der Waals surface area contributed by atoms with Crippen molar-refractivity contribution in [2.45, 2.75) is 39.5 Å². The zero-order chi connectivity index (χ0) is 21.5. The predicted octanol–water partition coefficient (Wildman–Crippen LogP) is 4.28. The Labute approximate surface area is 175 Å². The van der Waals surface area contributed by atoms with Crippen LogP contribution in [0.25, 0.3) is 11.4 Å². The molecule has 0 aliphatic carbocycles. The van der Waals surface area contributed by atoms with E-state index < -0.39 is 11.9 Å². The van der Waals surface area contributed by atoms with Crippen molar-refractivity contribution in [1.29, 1.82) is 0 Å². The second-order valence-electron chi connectivity index (χ2n) is 7.36. The maximum atomic E-state index is 11.9. The van der Waals surface area contributed by atoms with Crippen LogP contribution in [0.5, 0.6) is 0 Å². The van der Waals surface area contributed by atoms with Crippen molar-refractivity contribution >= 4 is 17.6 Å². The summed E-state index contributed by atoms with van der Waals surface area (Å²) in [4.78, 5) is 28.1. The minimum atomic E-state index is -0.505. The highest BCUT2D eigenvalue weighted by Gasteiger charge is 2.13. The zero-order valence-electron chi connectivity index (χ0n) is 17.3. The van der Waals surface area contributed by atoms with Gasteiger partial charge in [-0.25, -0.2) is 0 Å². The van der Waals surface area contributed by atoms with Gasteiger partial charge in [-0.1, -0.05) is 61.0 Å². The summed E-state index contributed by atoms with van der Waals surface area (Å²) in [6.45, 7) is 5.88. The van der Waals surface area contributed by atoms with Crippen LogP contribution in [-0.2, 0) is 20.7 Å². The van der Waals surface area contributed by atoms with Crippen LogP contribution in [0.3, 0.4) is 0 Å². The number of carbonyl (C=O) groups is 2. The van der Waals surface area contributed by atoms with Crippen molar-refractivity contribution in [3.8, 4) is 11.4 Å². The molecule has 0 aliphatic heterocycles. The molecule has 156 valence electrons. The van der Waals surface area contributed by atoms with E-state index in [0.717, 1.165) is 11.1 Å². The second-order valence-corrected chi connectivity index (χ2v) is 7.36. The molecule has 0 radical (unpaired) electrons. The number of amides is 1. The van der Waals surface area contributed by atoms with Gasteiger partial charge < -0.3 is 14.6 Å². The van der Waals surface area contributed by atoms with Gasteiger partial charge in [-0.05, 0) is 30.5 Å². The number of ether oxygens (including phenoxy) is 1. The Morgan fingerprint density at radius 3 is 2.43 bits per heavy atom. The summed E-state index contributed by atoms with van der Waals surface area (Å²) in [5.74, 6) is 0.377. The van der Waals surface area contributed by atoms with Crippen molar-refractivity contribution in [1.82, 2.24) is 10.1 Å². The number of hydrogen-bond acceptors (Lipinski definition) is 6. The van der Waals surface area contributed by atoms with Gasteiger partial charge in [-0.15, -0.1) is 0 Å². The monoisotopic (exact) mass is 407 g/mol. The number of aromatic nitrogens is 2. The molecular weight excluding hydrogens is 382 g/mol. The lowest BCUT2D eigenvalue weighted by Gasteiger charge is -2.06. The fourth-order valence-corrected chi connectivity index (χ4v) is 2.75. The Bertz CT molecular complexity index is 992. The molecule has 1 heterocycles. The van der Waals surface area contributed by atoms with Gasteiger partial charge in [0.1, 0.15) is 0 Å². The topological polar surface area (TPSA) is 94.3 Å². The molecule has 1 aromatic heterocycles. The number of carbonyl (C=O) groups excluding carboxylic acids is 2. The minimum Gasteiger partial charge on any atom is -0.456 e. The summed E-state index contributed by atoms with van der Waals surface area (Å²) in [6, 6.07) is 15.3. The van der Waals surface area contributed by atoms with E-state index in [9.17, 15) is 9.59 Å². The average Bonchev–Trinajstić information content (AvgIpc) is 3.21. The number of rotatable bonds is 8. The van der Waals surface area contributed by atoms with Crippen LogP contribution in [0.1, 0.15) is 43.2 Å². The molecule has 0 spiro atoms. The fourth-order valence-electron chi connectivity index (χ4n) is 2.75. The number of esters is 1. The van der Waals surface area contributed by atoms with Gasteiger partial charge in [0, 0.05) is 17.7 Å². The molecule has 0 aliphatic rings. The number of benzene rings is 2. The smallest absolute Gasteiger partial charge is 0.306 e. The van der Waals surface area contributed by atoms with E-state index in [1.807, 2.05) is 43.3 Å². The molecule has 30 heavy (non-hydrogen) atoms. The number of nitrogens with one attached hydrogen (secondary N) is 1. The third-order valence-corrected chi connectivity index (χ3v) is 4.55. The molecule has 1 N–H and O–H groups in total. The van der Waals surface area contributed by atoms with E-state index >= 15 is 0 Å². The third kappa shape index (κ3) is 6.01. The molecule has 3 aromatic rings. The van der Waals surface area contributed by atoms with E-state index in [2.05, 4.69) is 29.3 Å². The highest BCUT2D eigenvalue weighted by Crippen LogP contribution is 2.20. The zero-order valence-corrected chi connectivity index (χ0v) is 17.3. The molecule has 0 atom stereocenters. The van der Waals surface area contributed by atoms with Gasteiger partial charge >= 0.3 is 5.97 Å². The van der Waals surface area contributed by atoms with Crippen molar-refractivity contribution in [3.63, 3.8) is 0 Å². The Balaban J connectivity index is 1.43. The molecule has 0 bridgehead atoms. The van der Waals surface area contributed by atoms with Crippen LogP contribution in [0.15, 0.2) is 53.1 Å². The summed E-state index contributed by atoms with van der Waals surface area (Å²) < 4.78 is 10.2. The molecule has 0 fully saturated rings. The van der Waals surface area contributed by atoms with E-state index in [1.54, 1.807) is 12.1 Å². The summed E-state index contributed by atoms with van der Waals surface area (Å²) in [6.07, 6.45) is 0.293. The Morgan fingerprint density at radius 1 is 1.07 bits per heavy atom. The van der Waals surface area contributed by atoms with Crippen LogP contribution in [0.4, 0.5) is 5.69 Å². The van der Waals surface area contributed by atoms with Crippen molar-refractivity contribution in [3.05, 3.63) is 65.5 Å². The minimum absolute atomic E-state index is 0.0474. The van der Waals surface area contributed by atoms with Crippen molar-refractivity contribution in [2.75, 3.05) is 11.9 Å². The molecule has 0 saturated carbocycles. The summed E-state index contributed by atoms with van der Waals surface area (Å²) >= 11 is 0. The number of nitrogens with zero attached hydrogens (tertiary/aromatic N) is 2. The molecule has 0 unspecified atom stereocenters. The summed E-state index contributed by atoms with van der Waals surface area (Å²) in [5.41, 5.74) is 3.83. The molecule has 0 saturated heterocycles. The lowest BCUT2D eigenvalue weighted by molar-refractivity contribution is -0.147. The van der Waals surface area contributed by atoms with E-state index in [1.165, 1.54) is 5.56 Å². The van der Waals surface area contributed by atoms with Crippen molar-refractivity contribution < 1.29 is 18.8 Å². The van der Waals surface area contributed by atoms with Crippen LogP contribution in [-0.4, -0.2) is 28.6 Å². The molecule has 3 rings (SSSR count). The van der Waals surface area contributed by atoms with Gasteiger partial charge in [0.25, 0.3) is 5.91 Å². The van der Waals surface area contributed by atoms with Gasteiger partial charge in [0.15, 0.2) is 6.61 Å². The Morgan fingerprint density at radius 2 is 1.77 bits per heavy atom. The van der Waals surface area contributed by atoms with Crippen LogP contribution in [0, 0.1) is 6.92 Å². The number of anilines is 1. The van der Waals surface area contributed by atoms with E-state index in [-0.39, 0.29) is 19.4 Å². The molecule has 1 amide bonds. The fraction of sp³-hybridized carbons (Fsp3) is 0.304. The first-order valence-corrected chi connectivity index (χ1v) is 9.86. The standard InChI is InChI=1S/C23H25N3O4/c1-15(2)17-6-8-18(9-7-17)23-25-21(30-26-23)12-13-22(28)29-14-20(27)24-19-10-4-16(3)5-11-19/h4-11,15H,12-14H2,1-3H3,(H,24,27). The van der Waals surface area contributed by atoms with Crippen LogP contribution < -0.4 is 5.32 Å². The van der Waals surface area contributed by atoms with E-state index in [0.29, 0.717) is 23.3 Å². The second kappa shape index (κ2) is 9.82. The lowest BCUT2D eigenvalue weighted by Crippen LogP contribution is -2.21. The quantitative estimate of drug-likeness (QED) is 0.560.